The van der Waals surface area contributed by atoms with Gasteiger partial charge >= 0.3 is 0 Å². The van der Waals surface area contributed by atoms with Gasteiger partial charge in [-0.15, -0.1) is 0 Å². The van der Waals surface area contributed by atoms with Gasteiger partial charge in [-0.1, -0.05) is 24.9 Å². The fraction of sp³-hybridized carbons (Fsp3) is 0.435. The molecule has 0 aromatic carbocycles. The summed E-state index contributed by atoms with van der Waals surface area (Å²) in [6.45, 7) is 5.79. The highest BCUT2D eigenvalue weighted by Crippen LogP contribution is 2.41. The van der Waals surface area contributed by atoms with Crippen LogP contribution in [0.4, 0.5) is 5.82 Å². The van der Waals surface area contributed by atoms with Gasteiger partial charge in [-0.05, 0) is 38.8 Å². The summed E-state index contributed by atoms with van der Waals surface area (Å²) in [6.07, 6.45) is 5.92. The fourth-order valence-corrected chi connectivity index (χ4v) is 3.94. The Bertz CT molecular complexity index is 1080. The number of aliphatic imine (C=N–C) groups is 1. The van der Waals surface area contributed by atoms with Crippen molar-refractivity contribution in [1.29, 1.82) is 0 Å². The Labute approximate surface area is 192 Å². The van der Waals surface area contributed by atoms with Crippen LogP contribution in [0.1, 0.15) is 63.5 Å². The molecule has 1 aliphatic carbocycles. The molecule has 2 aromatic rings. The Hall–Kier alpha value is -3.69. The summed E-state index contributed by atoms with van der Waals surface area (Å²) in [5.74, 6) is 0.0954. The molecule has 10 heteroatoms. The van der Waals surface area contributed by atoms with Crippen LogP contribution >= 0.6 is 0 Å². The third-order valence-corrected chi connectivity index (χ3v) is 5.73. The molecule has 0 bridgehead atoms. The number of nitrogens with zero attached hydrogens (tertiary/aromatic N) is 3. The summed E-state index contributed by atoms with van der Waals surface area (Å²) in [7, 11) is 0. The number of amides is 2. The third kappa shape index (κ3) is 5.76. The van der Waals surface area contributed by atoms with Gasteiger partial charge in [0.25, 0.3) is 5.91 Å². The van der Waals surface area contributed by atoms with Crippen molar-refractivity contribution in [2.75, 3.05) is 5.32 Å². The summed E-state index contributed by atoms with van der Waals surface area (Å²) < 4.78 is 5.47. The number of hydrogen-bond acceptors (Lipinski definition) is 7. The smallest absolute Gasteiger partial charge is 0.254 e. The minimum absolute atomic E-state index is 0.0200. The zero-order valence-electron chi connectivity index (χ0n) is 19.2. The first-order chi connectivity index (χ1) is 15.6. The highest BCUT2D eigenvalue weighted by atomic mass is 16.5. The molecule has 2 aromatic heterocycles. The van der Waals surface area contributed by atoms with Gasteiger partial charge in [0.1, 0.15) is 17.2 Å². The predicted molar refractivity (Wildman–Crippen MR) is 126 cm³/mol. The molecule has 0 spiro atoms. The number of anilines is 1. The summed E-state index contributed by atoms with van der Waals surface area (Å²) in [4.78, 5) is 32.7. The van der Waals surface area contributed by atoms with Crippen molar-refractivity contribution in [3.8, 4) is 0 Å². The predicted octanol–water partition coefficient (Wildman–Crippen LogP) is 2.00. The molecular weight excluding hydrogens is 422 g/mol. The molecule has 1 aliphatic rings. The van der Waals surface area contributed by atoms with Gasteiger partial charge < -0.3 is 27.0 Å². The van der Waals surface area contributed by atoms with Crippen molar-refractivity contribution in [1.82, 2.24) is 10.1 Å². The lowest BCUT2D eigenvalue weighted by Gasteiger charge is -2.18. The number of nitrogens with one attached hydrogen (secondary N) is 1. The average Bonchev–Trinajstić information content (AvgIpc) is 3.38. The highest BCUT2D eigenvalue weighted by Gasteiger charge is 2.34. The van der Waals surface area contributed by atoms with Crippen LogP contribution < -0.4 is 22.5 Å². The molecule has 0 unspecified atom stereocenters. The number of rotatable bonds is 8. The molecule has 7 N–H and O–H groups in total. The van der Waals surface area contributed by atoms with Crippen molar-refractivity contribution in [3.63, 3.8) is 0 Å². The molecule has 0 saturated heterocycles. The maximum Gasteiger partial charge on any atom is 0.254 e. The van der Waals surface area contributed by atoms with E-state index in [2.05, 4.69) is 27.4 Å². The number of carbonyl (C=O) groups is 2. The van der Waals surface area contributed by atoms with Gasteiger partial charge in [0.15, 0.2) is 5.82 Å². The van der Waals surface area contributed by atoms with Crippen molar-refractivity contribution in [3.05, 3.63) is 47.0 Å². The average molecular weight is 454 g/mol. The number of pyridine rings is 1. The maximum atomic E-state index is 12.4. The number of amidine groups is 1. The lowest BCUT2D eigenvalue weighted by atomic mass is 9.86. The minimum atomic E-state index is -0.781. The van der Waals surface area contributed by atoms with Gasteiger partial charge in [-0.25, -0.2) is 0 Å². The highest BCUT2D eigenvalue weighted by molar-refractivity contribution is 6.24. The van der Waals surface area contributed by atoms with Crippen molar-refractivity contribution < 1.29 is 14.1 Å². The van der Waals surface area contributed by atoms with Crippen LogP contribution in [0.2, 0.25) is 0 Å². The molecule has 2 heterocycles. The number of aromatic nitrogens is 2. The van der Waals surface area contributed by atoms with E-state index >= 15 is 0 Å². The SMILES string of the molecule is CC(C)N=C(N)/C(C(N)=O)=C(\N)c1ccc(CC(=O)Nc2cc(C3(C)CCCC3)on2)nc1. The Morgan fingerprint density at radius 1 is 1.21 bits per heavy atom. The van der Waals surface area contributed by atoms with E-state index in [1.807, 2.05) is 13.8 Å². The monoisotopic (exact) mass is 453 g/mol. The van der Waals surface area contributed by atoms with Crippen molar-refractivity contribution in [2.24, 2.45) is 22.2 Å². The van der Waals surface area contributed by atoms with Crippen molar-refractivity contribution >= 4 is 29.2 Å². The normalized spacial score (nSPS) is 16.5. The Morgan fingerprint density at radius 3 is 2.48 bits per heavy atom. The number of primary amides is 1. The Balaban J connectivity index is 1.68. The molecule has 3 rings (SSSR count). The zero-order chi connectivity index (χ0) is 24.2. The summed E-state index contributed by atoms with van der Waals surface area (Å²) in [6, 6.07) is 4.95. The molecule has 0 atom stereocenters. The second-order valence-electron chi connectivity index (χ2n) is 8.87. The number of carbonyl (C=O) groups excluding carboxylic acids is 2. The van der Waals surface area contributed by atoms with Gasteiger partial charge in [-0.3, -0.25) is 19.6 Å². The standard InChI is InChI=1S/C23H31N7O3/c1-13(2)28-21(25)19(22(26)32)20(24)14-6-7-15(27-12-14)10-18(31)29-17-11-16(33-30-17)23(3)8-4-5-9-23/h6-7,11-13H,4-5,8-10,24H2,1-3H3,(H2,25,28)(H2,26,32)(H,29,30,31)/b20-19+. The van der Waals surface area contributed by atoms with Gasteiger partial charge in [0, 0.05) is 35.0 Å². The zero-order valence-corrected chi connectivity index (χ0v) is 19.2. The minimum Gasteiger partial charge on any atom is -0.397 e. The largest absolute Gasteiger partial charge is 0.397 e. The topological polar surface area (TPSA) is 176 Å². The molecule has 2 amide bonds. The van der Waals surface area contributed by atoms with Crippen LogP contribution in [0.3, 0.4) is 0 Å². The third-order valence-electron chi connectivity index (χ3n) is 5.73. The van der Waals surface area contributed by atoms with E-state index in [1.165, 1.54) is 6.20 Å². The second-order valence-corrected chi connectivity index (χ2v) is 8.87. The molecule has 176 valence electrons. The van der Waals surface area contributed by atoms with E-state index in [0.29, 0.717) is 17.1 Å². The maximum absolute atomic E-state index is 12.4. The van der Waals surface area contributed by atoms with Crippen LogP contribution in [0.5, 0.6) is 0 Å². The van der Waals surface area contributed by atoms with Crippen LogP contribution in [0.25, 0.3) is 5.70 Å². The van der Waals surface area contributed by atoms with E-state index < -0.39 is 5.91 Å². The van der Waals surface area contributed by atoms with Crippen LogP contribution in [0, 0.1) is 0 Å². The lowest BCUT2D eigenvalue weighted by Crippen LogP contribution is -2.30. The van der Waals surface area contributed by atoms with E-state index in [-0.39, 0.29) is 40.9 Å². The summed E-state index contributed by atoms with van der Waals surface area (Å²) in [5.41, 5.74) is 18.4. The van der Waals surface area contributed by atoms with Crippen molar-refractivity contribution in [2.45, 2.75) is 64.3 Å². The molecular formula is C23H31N7O3. The lowest BCUT2D eigenvalue weighted by molar-refractivity contribution is -0.116. The number of nitrogens with two attached hydrogens (primary N) is 3. The summed E-state index contributed by atoms with van der Waals surface area (Å²) in [5, 5.41) is 6.72. The summed E-state index contributed by atoms with van der Waals surface area (Å²) >= 11 is 0. The van der Waals surface area contributed by atoms with Crippen LogP contribution in [-0.4, -0.2) is 33.8 Å². The van der Waals surface area contributed by atoms with Gasteiger partial charge in [0.05, 0.1) is 12.1 Å². The first-order valence-corrected chi connectivity index (χ1v) is 10.9. The van der Waals surface area contributed by atoms with Crippen LogP contribution in [0.15, 0.2) is 39.5 Å². The molecule has 1 saturated carbocycles. The van der Waals surface area contributed by atoms with E-state index in [4.69, 9.17) is 21.7 Å². The van der Waals surface area contributed by atoms with E-state index in [0.717, 1.165) is 31.4 Å². The molecule has 33 heavy (non-hydrogen) atoms. The number of hydrogen-bond donors (Lipinski definition) is 4. The first kappa shape index (κ1) is 24.0. The Kier molecular flexibility index (Phi) is 7.15. The molecule has 0 radical (unpaired) electrons. The van der Waals surface area contributed by atoms with Crippen LogP contribution in [-0.2, 0) is 21.4 Å². The van der Waals surface area contributed by atoms with Gasteiger partial charge in [-0.2, -0.15) is 0 Å². The first-order valence-electron chi connectivity index (χ1n) is 10.9. The fourth-order valence-electron chi connectivity index (χ4n) is 3.94. The Morgan fingerprint density at radius 2 is 1.91 bits per heavy atom. The van der Waals surface area contributed by atoms with E-state index in [1.54, 1.807) is 18.2 Å². The van der Waals surface area contributed by atoms with E-state index in [9.17, 15) is 9.59 Å². The molecule has 1 fully saturated rings. The van der Waals surface area contributed by atoms with Gasteiger partial charge in [0.2, 0.25) is 5.91 Å². The second kappa shape index (κ2) is 9.85. The quantitative estimate of drug-likeness (QED) is 0.268. The molecule has 0 aliphatic heterocycles. The molecule has 10 nitrogen and oxygen atoms in total.